The van der Waals surface area contributed by atoms with Crippen molar-refractivity contribution in [3.05, 3.63) is 12.2 Å². The molecule has 0 aromatic rings. The summed E-state index contributed by atoms with van der Waals surface area (Å²) in [6.07, 6.45) is 0.818. The van der Waals surface area contributed by atoms with Crippen molar-refractivity contribution in [2.24, 2.45) is 0 Å². The summed E-state index contributed by atoms with van der Waals surface area (Å²) in [5.74, 6) is -0.337. The topological polar surface area (TPSA) is 38.8 Å². The third kappa shape index (κ3) is 1.84. The van der Waals surface area contributed by atoms with Crippen LogP contribution in [0, 0.1) is 0 Å². The van der Waals surface area contributed by atoms with Crippen molar-refractivity contribution in [3.8, 4) is 0 Å². The first-order chi connectivity index (χ1) is 4.74. The molecule has 0 spiro atoms. The fourth-order valence-electron chi connectivity index (χ4n) is 0.688. The zero-order valence-corrected chi connectivity index (χ0v) is 5.92. The summed E-state index contributed by atoms with van der Waals surface area (Å²) in [7, 11) is 1.35. The van der Waals surface area contributed by atoms with Gasteiger partial charge in [0.2, 0.25) is 0 Å². The summed E-state index contributed by atoms with van der Waals surface area (Å²) < 4.78 is 9.35. The maximum atomic E-state index is 10.7. The van der Waals surface area contributed by atoms with Crippen molar-refractivity contribution in [1.29, 1.82) is 0 Å². The highest BCUT2D eigenvalue weighted by atomic mass is 16.6. The number of carbonyl (C=O) groups excluding carboxylic acids is 1. The van der Waals surface area contributed by atoms with E-state index in [4.69, 9.17) is 4.74 Å². The van der Waals surface area contributed by atoms with Crippen LogP contribution in [-0.4, -0.2) is 25.8 Å². The van der Waals surface area contributed by atoms with Crippen LogP contribution in [0.3, 0.4) is 0 Å². The standard InChI is InChI=1S/C7H10O3/c1-5(7(8)9-2)3-6-4-10-6/h6H,1,3-4H2,2H3. The van der Waals surface area contributed by atoms with Crippen molar-refractivity contribution in [3.63, 3.8) is 0 Å². The van der Waals surface area contributed by atoms with Crippen LogP contribution in [0.1, 0.15) is 6.42 Å². The Morgan fingerprint density at radius 1 is 1.90 bits per heavy atom. The molecule has 0 aliphatic carbocycles. The Kier molecular flexibility index (Phi) is 2.06. The molecule has 0 aromatic carbocycles. The number of carbonyl (C=O) groups is 1. The van der Waals surface area contributed by atoms with Crippen molar-refractivity contribution in [2.45, 2.75) is 12.5 Å². The van der Waals surface area contributed by atoms with Crippen LogP contribution in [0.2, 0.25) is 0 Å². The second-order valence-electron chi connectivity index (χ2n) is 2.25. The number of hydrogen-bond donors (Lipinski definition) is 0. The Bertz CT molecular complexity index is 158. The largest absolute Gasteiger partial charge is 0.466 e. The van der Waals surface area contributed by atoms with E-state index in [1.165, 1.54) is 7.11 Å². The molecule has 1 rings (SSSR count). The van der Waals surface area contributed by atoms with Crippen LogP contribution >= 0.6 is 0 Å². The molecule has 3 nitrogen and oxygen atoms in total. The molecule has 10 heavy (non-hydrogen) atoms. The first-order valence-corrected chi connectivity index (χ1v) is 3.11. The molecule has 1 fully saturated rings. The minimum absolute atomic E-state index is 0.214. The Labute approximate surface area is 59.6 Å². The minimum atomic E-state index is -0.337. The Morgan fingerprint density at radius 3 is 2.90 bits per heavy atom. The van der Waals surface area contributed by atoms with Crippen LogP contribution in [0.5, 0.6) is 0 Å². The molecule has 0 amide bonds. The average molecular weight is 142 g/mol. The highest BCUT2D eigenvalue weighted by molar-refractivity contribution is 5.87. The molecule has 0 radical (unpaired) electrons. The second kappa shape index (κ2) is 2.84. The quantitative estimate of drug-likeness (QED) is 0.327. The van der Waals surface area contributed by atoms with Gasteiger partial charge in [0.1, 0.15) is 0 Å². The summed E-state index contributed by atoms with van der Waals surface area (Å²) in [5.41, 5.74) is 0.491. The molecule has 0 bridgehead atoms. The van der Waals surface area contributed by atoms with Gasteiger partial charge in [0.15, 0.2) is 0 Å². The molecule has 0 aromatic heterocycles. The van der Waals surface area contributed by atoms with E-state index >= 15 is 0 Å². The second-order valence-corrected chi connectivity index (χ2v) is 2.25. The molecule has 56 valence electrons. The van der Waals surface area contributed by atoms with E-state index < -0.39 is 0 Å². The first kappa shape index (κ1) is 7.28. The molecule has 0 saturated carbocycles. The van der Waals surface area contributed by atoms with Gasteiger partial charge < -0.3 is 9.47 Å². The summed E-state index contributed by atoms with van der Waals surface area (Å²) in [6, 6.07) is 0. The monoisotopic (exact) mass is 142 g/mol. The number of rotatable bonds is 3. The van der Waals surface area contributed by atoms with Crippen LogP contribution in [0.25, 0.3) is 0 Å². The molecule has 1 heterocycles. The van der Waals surface area contributed by atoms with E-state index in [1.807, 2.05) is 0 Å². The van der Waals surface area contributed by atoms with E-state index in [1.54, 1.807) is 0 Å². The van der Waals surface area contributed by atoms with Crippen molar-refractivity contribution >= 4 is 5.97 Å². The zero-order valence-electron chi connectivity index (χ0n) is 5.92. The fourth-order valence-corrected chi connectivity index (χ4v) is 0.688. The van der Waals surface area contributed by atoms with E-state index in [9.17, 15) is 4.79 Å². The van der Waals surface area contributed by atoms with Gasteiger partial charge in [-0.05, 0) is 0 Å². The Hall–Kier alpha value is -0.830. The smallest absolute Gasteiger partial charge is 0.333 e. The zero-order chi connectivity index (χ0) is 7.56. The van der Waals surface area contributed by atoms with Gasteiger partial charge in [-0.3, -0.25) is 0 Å². The molecule has 3 heteroatoms. The van der Waals surface area contributed by atoms with Gasteiger partial charge in [0, 0.05) is 12.0 Å². The SMILES string of the molecule is C=C(CC1CO1)C(=O)OC. The summed E-state index contributed by atoms with van der Waals surface area (Å²) in [4.78, 5) is 10.7. The fraction of sp³-hybridized carbons (Fsp3) is 0.571. The van der Waals surface area contributed by atoms with Gasteiger partial charge in [0.25, 0.3) is 0 Å². The highest BCUT2D eigenvalue weighted by Crippen LogP contribution is 2.18. The maximum Gasteiger partial charge on any atom is 0.333 e. The lowest BCUT2D eigenvalue weighted by atomic mass is 10.2. The first-order valence-electron chi connectivity index (χ1n) is 3.11. The number of ether oxygens (including phenoxy) is 2. The van der Waals surface area contributed by atoms with Gasteiger partial charge in [-0.1, -0.05) is 6.58 Å². The van der Waals surface area contributed by atoms with Gasteiger partial charge in [0.05, 0.1) is 19.8 Å². The van der Waals surface area contributed by atoms with Gasteiger partial charge in [-0.2, -0.15) is 0 Å². The third-order valence-corrected chi connectivity index (χ3v) is 1.35. The van der Waals surface area contributed by atoms with Gasteiger partial charge in [-0.25, -0.2) is 4.79 Å². The molecule has 1 atom stereocenters. The van der Waals surface area contributed by atoms with Crippen LogP contribution in [0.15, 0.2) is 12.2 Å². The van der Waals surface area contributed by atoms with E-state index in [-0.39, 0.29) is 12.1 Å². The average Bonchev–Trinajstić information content (AvgIpc) is 2.70. The molecule has 0 N–H and O–H groups in total. The number of hydrogen-bond acceptors (Lipinski definition) is 3. The van der Waals surface area contributed by atoms with Crippen LogP contribution in [-0.2, 0) is 14.3 Å². The number of epoxide rings is 1. The minimum Gasteiger partial charge on any atom is -0.466 e. The van der Waals surface area contributed by atoms with Crippen LogP contribution < -0.4 is 0 Å². The predicted molar refractivity (Wildman–Crippen MR) is 35.5 cm³/mol. The highest BCUT2D eigenvalue weighted by Gasteiger charge is 2.25. The lowest BCUT2D eigenvalue weighted by Gasteiger charge is -1.98. The summed E-state index contributed by atoms with van der Waals surface area (Å²) in [6.45, 7) is 4.30. The van der Waals surface area contributed by atoms with Crippen molar-refractivity contribution in [2.75, 3.05) is 13.7 Å². The van der Waals surface area contributed by atoms with Crippen molar-refractivity contribution in [1.82, 2.24) is 0 Å². The summed E-state index contributed by atoms with van der Waals surface area (Å²) >= 11 is 0. The van der Waals surface area contributed by atoms with Gasteiger partial charge in [-0.15, -0.1) is 0 Å². The molecule has 1 aliphatic rings. The molecule has 1 saturated heterocycles. The van der Waals surface area contributed by atoms with Crippen LogP contribution in [0.4, 0.5) is 0 Å². The molecular formula is C7H10O3. The Morgan fingerprint density at radius 2 is 2.50 bits per heavy atom. The van der Waals surface area contributed by atoms with E-state index in [0.717, 1.165) is 6.61 Å². The normalized spacial score (nSPS) is 21.9. The molecule has 1 aliphatic heterocycles. The molecular weight excluding hydrogens is 132 g/mol. The maximum absolute atomic E-state index is 10.7. The van der Waals surface area contributed by atoms with E-state index in [2.05, 4.69) is 11.3 Å². The van der Waals surface area contributed by atoms with E-state index in [0.29, 0.717) is 12.0 Å². The summed E-state index contributed by atoms with van der Waals surface area (Å²) in [5, 5.41) is 0. The number of methoxy groups -OCH3 is 1. The molecule has 1 unspecified atom stereocenters. The van der Waals surface area contributed by atoms with Crippen molar-refractivity contribution < 1.29 is 14.3 Å². The predicted octanol–water partition coefficient (Wildman–Crippen LogP) is 0.504. The lowest BCUT2D eigenvalue weighted by Crippen LogP contribution is -2.05. The number of esters is 1. The van der Waals surface area contributed by atoms with Gasteiger partial charge >= 0.3 is 5.97 Å². The Balaban J connectivity index is 2.25. The third-order valence-electron chi connectivity index (χ3n) is 1.35. The lowest BCUT2D eigenvalue weighted by molar-refractivity contribution is -0.136.